The first kappa shape index (κ1) is 13.8. The molecule has 7 heteroatoms. The van der Waals surface area contributed by atoms with Crippen molar-refractivity contribution in [3.8, 4) is 0 Å². The number of halogens is 2. The second-order valence-corrected chi connectivity index (χ2v) is 4.98. The Kier molecular flexibility index (Phi) is 4.34. The van der Waals surface area contributed by atoms with Gasteiger partial charge in [0.2, 0.25) is 0 Å². The minimum Gasteiger partial charge on any atom is -0.274 e. The highest BCUT2D eigenvalue weighted by Gasteiger charge is 2.13. The van der Waals surface area contributed by atoms with E-state index in [1.54, 1.807) is 25.4 Å². The number of hydrogen-bond acceptors (Lipinski definition) is 3. The molecule has 0 spiro atoms. The van der Waals surface area contributed by atoms with Crippen molar-refractivity contribution in [1.29, 1.82) is 0 Å². The van der Waals surface area contributed by atoms with E-state index in [4.69, 9.17) is 11.6 Å². The van der Waals surface area contributed by atoms with E-state index in [9.17, 15) is 4.79 Å². The van der Waals surface area contributed by atoms with Gasteiger partial charge in [0.05, 0.1) is 10.7 Å². The van der Waals surface area contributed by atoms with Gasteiger partial charge >= 0.3 is 0 Å². The van der Waals surface area contributed by atoms with Crippen molar-refractivity contribution in [2.24, 2.45) is 12.1 Å². The minimum absolute atomic E-state index is 0.277. The number of rotatable bonds is 3. The summed E-state index contributed by atoms with van der Waals surface area (Å²) in [6.45, 7) is 0. The topological polar surface area (TPSA) is 59.3 Å². The number of hydrogen-bond donors (Lipinski definition) is 1. The van der Waals surface area contributed by atoms with Gasteiger partial charge in [-0.3, -0.25) is 9.48 Å². The van der Waals surface area contributed by atoms with E-state index in [0.717, 1.165) is 5.56 Å². The molecule has 0 atom stereocenters. The highest BCUT2D eigenvalue weighted by Crippen LogP contribution is 2.14. The SMILES string of the molecule is Cn1cc(Br)c(C(=O)N/N=C/c2ccccc2Cl)n1. The maximum absolute atomic E-state index is 11.8. The molecule has 0 aliphatic heterocycles. The molecule has 1 aromatic heterocycles. The Morgan fingerprint density at radius 1 is 1.53 bits per heavy atom. The van der Waals surface area contributed by atoms with Gasteiger partial charge in [0, 0.05) is 23.8 Å². The smallest absolute Gasteiger partial charge is 0.274 e. The minimum atomic E-state index is -0.393. The van der Waals surface area contributed by atoms with Crippen LogP contribution in [0.1, 0.15) is 16.1 Å². The number of hydrazone groups is 1. The zero-order valence-electron chi connectivity index (χ0n) is 9.97. The first-order valence-electron chi connectivity index (χ1n) is 5.35. The maximum Gasteiger partial charge on any atom is 0.293 e. The summed E-state index contributed by atoms with van der Waals surface area (Å²) in [7, 11) is 1.73. The number of nitrogens with zero attached hydrogens (tertiary/aromatic N) is 3. The van der Waals surface area contributed by atoms with Crippen LogP contribution in [0, 0.1) is 0 Å². The van der Waals surface area contributed by atoms with Crippen LogP contribution in [0.4, 0.5) is 0 Å². The van der Waals surface area contributed by atoms with Crippen LogP contribution in [0.3, 0.4) is 0 Å². The average molecular weight is 342 g/mol. The van der Waals surface area contributed by atoms with Crippen LogP contribution in [0.25, 0.3) is 0 Å². The molecule has 0 aliphatic rings. The summed E-state index contributed by atoms with van der Waals surface area (Å²) >= 11 is 9.21. The van der Waals surface area contributed by atoms with Crippen LogP contribution >= 0.6 is 27.5 Å². The Labute approximate surface area is 123 Å². The van der Waals surface area contributed by atoms with Crippen molar-refractivity contribution in [2.75, 3.05) is 0 Å². The van der Waals surface area contributed by atoms with Gasteiger partial charge in [-0.05, 0) is 22.0 Å². The van der Waals surface area contributed by atoms with E-state index in [1.165, 1.54) is 10.9 Å². The van der Waals surface area contributed by atoms with Gasteiger partial charge in [0.1, 0.15) is 0 Å². The van der Waals surface area contributed by atoms with E-state index < -0.39 is 5.91 Å². The second-order valence-electron chi connectivity index (χ2n) is 3.72. The molecule has 98 valence electrons. The molecule has 5 nitrogen and oxygen atoms in total. The first-order valence-corrected chi connectivity index (χ1v) is 6.52. The Morgan fingerprint density at radius 3 is 2.89 bits per heavy atom. The molecule has 1 amide bonds. The van der Waals surface area contributed by atoms with E-state index in [1.807, 2.05) is 12.1 Å². The van der Waals surface area contributed by atoms with Crippen molar-refractivity contribution in [2.45, 2.75) is 0 Å². The molecule has 0 bridgehead atoms. The number of carbonyl (C=O) groups excluding carboxylic acids is 1. The molecule has 0 saturated carbocycles. The van der Waals surface area contributed by atoms with Crippen LogP contribution < -0.4 is 5.43 Å². The molecule has 1 heterocycles. The fourth-order valence-corrected chi connectivity index (χ4v) is 2.15. The van der Waals surface area contributed by atoms with Crippen LogP contribution in [0.5, 0.6) is 0 Å². The van der Waals surface area contributed by atoms with Crippen molar-refractivity contribution >= 4 is 39.7 Å². The van der Waals surface area contributed by atoms with Crippen molar-refractivity contribution in [1.82, 2.24) is 15.2 Å². The van der Waals surface area contributed by atoms with Gasteiger partial charge < -0.3 is 0 Å². The van der Waals surface area contributed by atoms with Crippen molar-refractivity contribution in [3.63, 3.8) is 0 Å². The highest BCUT2D eigenvalue weighted by molar-refractivity contribution is 9.10. The molecule has 0 fully saturated rings. The summed E-state index contributed by atoms with van der Waals surface area (Å²) in [5.41, 5.74) is 3.40. The zero-order chi connectivity index (χ0) is 13.8. The summed E-state index contributed by atoms with van der Waals surface area (Å²) in [6.07, 6.45) is 3.17. The Balaban J connectivity index is 2.05. The molecular formula is C12H10BrClN4O. The van der Waals surface area contributed by atoms with Crippen molar-refractivity contribution in [3.05, 3.63) is 51.2 Å². The third-order valence-electron chi connectivity index (χ3n) is 2.27. The Hall–Kier alpha value is -1.66. The van der Waals surface area contributed by atoms with E-state index in [0.29, 0.717) is 9.50 Å². The normalized spacial score (nSPS) is 10.9. The number of benzene rings is 1. The van der Waals surface area contributed by atoms with E-state index in [-0.39, 0.29) is 5.69 Å². The fourth-order valence-electron chi connectivity index (χ4n) is 1.41. The summed E-state index contributed by atoms with van der Waals surface area (Å²) in [5.74, 6) is -0.393. The highest BCUT2D eigenvalue weighted by atomic mass is 79.9. The molecule has 0 unspecified atom stereocenters. The maximum atomic E-state index is 11.8. The lowest BCUT2D eigenvalue weighted by Gasteiger charge is -1.98. The van der Waals surface area contributed by atoms with Crippen LogP contribution in [0.15, 0.2) is 40.0 Å². The molecule has 1 N–H and O–H groups in total. The number of nitrogens with one attached hydrogen (secondary N) is 1. The largest absolute Gasteiger partial charge is 0.293 e. The number of aryl methyl sites for hydroxylation is 1. The zero-order valence-corrected chi connectivity index (χ0v) is 12.3. The standard InChI is InChI=1S/C12H10BrClN4O/c1-18-7-9(13)11(17-18)12(19)16-15-6-8-4-2-3-5-10(8)14/h2-7H,1H3,(H,16,19)/b15-6+. The predicted octanol–water partition coefficient (Wildman–Crippen LogP) is 2.60. The molecule has 0 radical (unpaired) electrons. The van der Waals surface area contributed by atoms with Crippen LogP contribution in [-0.2, 0) is 7.05 Å². The molecule has 2 aromatic rings. The third kappa shape index (κ3) is 3.42. The van der Waals surface area contributed by atoms with Gasteiger partial charge in [-0.25, -0.2) is 5.43 Å². The lowest BCUT2D eigenvalue weighted by atomic mass is 10.2. The predicted molar refractivity (Wildman–Crippen MR) is 77.4 cm³/mol. The van der Waals surface area contributed by atoms with Crippen LogP contribution in [0.2, 0.25) is 5.02 Å². The Morgan fingerprint density at radius 2 is 2.26 bits per heavy atom. The van der Waals surface area contributed by atoms with Gasteiger partial charge in [0.25, 0.3) is 5.91 Å². The number of aromatic nitrogens is 2. The molecule has 1 aromatic carbocycles. The quantitative estimate of drug-likeness (QED) is 0.689. The number of carbonyl (C=O) groups is 1. The second kappa shape index (κ2) is 5.99. The molecule has 0 aliphatic carbocycles. The van der Waals surface area contributed by atoms with Crippen LogP contribution in [-0.4, -0.2) is 21.9 Å². The van der Waals surface area contributed by atoms with Gasteiger partial charge in [-0.1, -0.05) is 29.8 Å². The van der Waals surface area contributed by atoms with Crippen molar-refractivity contribution < 1.29 is 4.79 Å². The monoisotopic (exact) mass is 340 g/mol. The summed E-state index contributed by atoms with van der Waals surface area (Å²) in [4.78, 5) is 11.8. The Bertz CT molecular complexity index is 638. The molecule has 0 saturated heterocycles. The molecule has 19 heavy (non-hydrogen) atoms. The average Bonchev–Trinajstić information content (AvgIpc) is 2.71. The van der Waals surface area contributed by atoms with E-state index in [2.05, 4.69) is 31.6 Å². The van der Waals surface area contributed by atoms with E-state index >= 15 is 0 Å². The third-order valence-corrected chi connectivity index (χ3v) is 3.20. The first-order chi connectivity index (χ1) is 9.08. The number of amides is 1. The lowest BCUT2D eigenvalue weighted by Crippen LogP contribution is -2.19. The molecular weight excluding hydrogens is 332 g/mol. The van der Waals surface area contributed by atoms with Gasteiger partial charge in [-0.15, -0.1) is 0 Å². The summed E-state index contributed by atoms with van der Waals surface area (Å²) in [5, 5.41) is 8.43. The fraction of sp³-hybridized carbons (Fsp3) is 0.0833. The lowest BCUT2D eigenvalue weighted by molar-refractivity contribution is 0.0948. The van der Waals surface area contributed by atoms with Gasteiger partial charge in [0.15, 0.2) is 5.69 Å². The summed E-state index contributed by atoms with van der Waals surface area (Å²) < 4.78 is 2.15. The molecule has 2 rings (SSSR count). The van der Waals surface area contributed by atoms with Gasteiger partial charge in [-0.2, -0.15) is 10.2 Å². The summed E-state index contributed by atoms with van der Waals surface area (Å²) in [6, 6.07) is 7.21.